The predicted octanol–water partition coefficient (Wildman–Crippen LogP) is 1.21. The van der Waals surface area contributed by atoms with Gasteiger partial charge in [-0.25, -0.2) is 0 Å². The number of nitrogens with two attached hydrogens (primary N) is 1. The fraction of sp³-hybridized carbons (Fsp3) is 0.579. The Kier molecular flexibility index (Phi) is 5.58. The number of carbonyl (C=O) groups is 2. The number of carbonyl (C=O) groups excluding carboxylic acids is 2. The zero-order chi connectivity index (χ0) is 17.8. The van der Waals surface area contributed by atoms with Crippen LogP contribution in [0.2, 0.25) is 0 Å². The van der Waals surface area contributed by atoms with Gasteiger partial charge in [0.25, 0.3) is 5.91 Å². The van der Waals surface area contributed by atoms with Crippen LogP contribution in [0.25, 0.3) is 0 Å². The second kappa shape index (κ2) is 7.87. The van der Waals surface area contributed by atoms with Crippen LogP contribution in [0.1, 0.15) is 36.0 Å². The van der Waals surface area contributed by atoms with Gasteiger partial charge in [0.2, 0.25) is 5.91 Å². The van der Waals surface area contributed by atoms with E-state index in [4.69, 9.17) is 5.73 Å². The Bertz CT molecular complexity index is 608. The van der Waals surface area contributed by atoms with Gasteiger partial charge in [0.05, 0.1) is 5.92 Å². The number of piperidine rings is 2. The summed E-state index contributed by atoms with van der Waals surface area (Å²) in [4.78, 5) is 28.3. The number of hydrogen-bond donors (Lipinski definition) is 2. The summed E-state index contributed by atoms with van der Waals surface area (Å²) in [5.41, 5.74) is 7.18. The largest absolute Gasteiger partial charge is 0.371 e. The molecule has 3 N–H and O–H groups in total. The van der Waals surface area contributed by atoms with Gasteiger partial charge in [-0.05, 0) is 70.1 Å². The molecule has 25 heavy (non-hydrogen) atoms. The van der Waals surface area contributed by atoms with Crippen molar-refractivity contribution < 1.29 is 9.59 Å². The van der Waals surface area contributed by atoms with Crippen molar-refractivity contribution in [1.82, 2.24) is 10.2 Å². The molecule has 2 amide bonds. The van der Waals surface area contributed by atoms with Gasteiger partial charge in [0.1, 0.15) is 0 Å². The molecular weight excluding hydrogens is 316 g/mol. The molecule has 6 heteroatoms. The van der Waals surface area contributed by atoms with E-state index in [1.54, 1.807) is 0 Å². The number of nitrogens with zero attached hydrogens (tertiary/aromatic N) is 2. The minimum absolute atomic E-state index is 0.00485. The lowest BCUT2D eigenvalue weighted by Gasteiger charge is -2.33. The summed E-state index contributed by atoms with van der Waals surface area (Å²) in [5, 5.41) is 3.14. The van der Waals surface area contributed by atoms with Gasteiger partial charge in [-0.1, -0.05) is 0 Å². The first-order valence-electron chi connectivity index (χ1n) is 9.16. The molecule has 2 fully saturated rings. The van der Waals surface area contributed by atoms with Gasteiger partial charge in [-0.2, -0.15) is 0 Å². The van der Waals surface area contributed by atoms with Gasteiger partial charge in [-0.15, -0.1) is 0 Å². The van der Waals surface area contributed by atoms with E-state index in [9.17, 15) is 9.59 Å². The molecule has 1 unspecified atom stereocenters. The number of likely N-dealkylation sites (tertiary alicyclic amines) is 1. The topological polar surface area (TPSA) is 78.7 Å². The number of anilines is 1. The molecule has 2 aliphatic heterocycles. The van der Waals surface area contributed by atoms with Crippen molar-refractivity contribution in [1.29, 1.82) is 0 Å². The lowest BCUT2D eigenvalue weighted by molar-refractivity contribution is -0.122. The first-order chi connectivity index (χ1) is 12.0. The number of primary amides is 1. The summed E-state index contributed by atoms with van der Waals surface area (Å²) in [5.74, 6) is -0.310. The Balaban J connectivity index is 1.58. The number of hydrogen-bond acceptors (Lipinski definition) is 4. The molecule has 0 radical (unpaired) electrons. The fourth-order valence-electron chi connectivity index (χ4n) is 3.69. The van der Waals surface area contributed by atoms with E-state index < -0.39 is 0 Å². The van der Waals surface area contributed by atoms with E-state index in [0.717, 1.165) is 51.0 Å². The van der Waals surface area contributed by atoms with E-state index in [1.165, 1.54) is 0 Å². The van der Waals surface area contributed by atoms with E-state index >= 15 is 0 Å². The predicted molar refractivity (Wildman–Crippen MR) is 98.6 cm³/mol. The molecular formula is C19H28N4O2. The van der Waals surface area contributed by atoms with Crippen molar-refractivity contribution in [3.63, 3.8) is 0 Å². The monoisotopic (exact) mass is 344 g/mol. The van der Waals surface area contributed by atoms with Crippen LogP contribution in [-0.2, 0) is 4.79 Å². The summed E-state index contributed by atoms with van der Waals surface area (Å²) in [7, 11) is 2.11. The highest BCUT2D eigenvalue weighted by molar-refractivity contribution is 5.94. The van der Waals surface area contributed by atoms with Crippen molar-refractivity contribution in [3.8, 4) is 0 Å². The molecule has 0 aliphatic carbocycles. The molecule has 1 aromatic rings. The third-order valence-corrected chi connectivity index (χ3v) is 5.37. The normalized spacial score (nSPS) is 22.6. The van der Waals surface area contributed by atoms with Gasteiger partial charge < -0.3 is 20.9 Å². The summed E-state index contributed by atoms with van der Waals surface area (Å²) >= 11 is 0. The van der Waals surface area contributed by atoms with E-state index in [1.807, 2.05) is 24.3 Å². The Morgan fingerprint density at radius 2 is 1.76 bits per heavy atom. The lowest BCUT2D eigenvalue weighted by atomic mass is 9.97. The quantitative estimate of drug-likeness (QED) is 0.861. The number of rotatable bonds is 4. The molecule has 1 aromatic carbocycles. The summed E-state index contributed by atoms with van der Waals surface area (Å²) in [6.45, 7) is 3.64. The molecule has 136 valence electrons. The van der Waals surface area contributed by atoms with Crippen LogP contribution in [0.3, 0.4) is 0 Å². The Morgan fingerprint density at radius 3 is 2.40 bits per heavy atom. The third kappa shape index (κ3) is 4.51. The average molecular weight is 344 g/mol. The summed E-state index contributed by atoms with van der Waals surface area (Å²) in [6.07, 6.45) is 3.83. The molecule has 3 rings (SSSR count). The minimum atomic E-state index is -0.223. The molecule has 0 saturated carbocycles. The molecule has 0 aromatic heterocycles. The first-order valence-corrected chi connectivity index (χ1v) is 9.16. The van der Waals surface area contributed by atoms with Crippen molar-refractivity contribution in [2.24, 2.45) is 11.7 Å². The van der Waals surface area contributed by atoms with Crippen LogP contribution < -0.4 is 16.0 Å². The first kappa shape index (κ1) is 17.7. The average Bonchev–Trinajstić information content (AvgIpc) is 2.64. The fourth-order valence-corrected chi connectivity index (χ4v) is 3.69. The summed E-state index contributed by atoms with van der Waals surface area (Å²) < 4.78 is 0. The molecule has 2 heterocycles. The zero-order valence-corrected chi connectivity index (χ0v) is 14.9. The molecule has 0 bridgehead atoms. The molecule has 2 saturated heterocycles. The Hall–Kier alpha value is -2.08. The second-order valence-corrected chi connectivity index (χ2v) is 7.29. The van der Waals surface area contributed by atoms with Crippen LogP contribution >= 0.6 is 0 Å². The van der Waals surface area contributed by atoms with E-state index in [0.29, 0.717) is 12.1 Å². The van der Waals surface area contributed by atoms with Crippen LogP contribution in [0.15, 0.2) is 24.3 Å². The Morgan fingerprint density at radius 1 is 1.08 bits per heavy atom. The van der Waals surface area contributed by atoms with Crippen LogP contribution in [0.4, 0.5) is 5.69 Å². The maximum absolute atomic E-state index is 12.4. The van der Waals surface area contributed by atoms with E-state index in [-0.39, 0.29) is 23.8 Å². The highest BCUT2D eigenvalue weighted by Crippen LogP contribution is 2.23. The molecule has 0 spiro atoms. The van der Waals surface area contributed by atoms with Crippen LogP contribution in [0, 0.1) is 5.92 Å². The third-order valence-electron chi connectivity index (χ3n) is 5.37. The maximum Gasteiger partial charge on any atom is 0.251 e. The Labute approximate surface area is 149 Å². The second-order valence-electron chi connectivity index (χ2n) is 7.29. The smallest absolute Gasteiger partial charge is 0.251 e. The minimum Gasteiger partial charge on any atom is -0.371 e. The number of amides is 2. The lowest BCUT2D eigenvalue weighted by Crippen LogP contribution is -2.43. The van der Waals surface area contributed by atoms with Crippen molar-refractivity contribution in [2.45, 2.75) is 31.7 Å². The van der Waals surface area contributed by atoms with Crippen molar-refractivity contribution >= 4 is 17.5 Å². The molecule has 1 atom stereocenters. The zero-order valence-electron chi connectivity index (χ0n) is 14.9. The maximum atomic E-state index is 12.4. The van der Waals surface area contributed by atoms with Gasteiger partial charge in [0, 0.05) is 30.4 Å². The van der Waals surface area contributed by atoms with Crippen LogP contribution in [0.5, 0.6) is 0 Å². The van der Waals surface area contributed by atoms with Crippen LogP contribution in [-0.4, -0.2) is 56.0 Å². The highest BCUT2D eigenvalue weighted by Gasteiger charge is 2.24. The van der Waals surface area contributed by atoms with Crippen molar-refractivity contribution in [2.75, 3.05) is 38.1 Å². The highest BCUT2D eigenvalue weighted by atomic mass is 16.2. The summed E-state index contributed by atoms with van der Waals surface area (Å²) in [6, 6.07) is 7.93. The molecule has 2 aliphatic rings. The van der Waals surface area contributed by atoms with Crippen molar-refractivity contribution in [3.05, 3.63) is 29.8 Å². The number of nitrogens with one attached hydrogen (secondary N) is 1. The van der Waals surface area contributed by atoms with E-state index in [2.05, 4.69) is 22.2 Å². The SMILES string of the molecule is CN1CCC(NC(=O)c2ccc(N3CCCC(C(N)=O)C3)cc2)CC1. The van der Waals surface area contributed by atoms with Gasteiger partial charge >= 0.3 is 0 Å². The molecule has 6 nitrogen and oxygen atoms in total. The van der Waals surface area contributed by atoms with Gasteiger partial charge in [-0.3, -0.25) is 9.59 Å². The number of benzene rings is 1. The standard InChI is InChI=1S/C19H28N4O2/c1-22-11-8-16(9-12-22)21-19(25)14-4-6-17(7-5-14)23-10-2-3-15(13-23)18(20)24/h4-7,15-16H,2-3,8-13H2,1H3,(H2,20,24)(H,21,25). The van der Waals surface area contributed by atoms with Gasteiger partial charge in [0.15, 0.2) is 0 Å².